The third-order valence-electron chi connectivity index (χ3n) is 4.90. The zero-order chi connectivity index (χ0) is 22.6. The Labute approximate surface area is 204 Å². The number of imidazole rings is 1. The number of nitrogens with zero attached hydrogens (tertiary/aromatic N) is 3. The summed E-state index contributed by atoms with van der Waals surface area (Å²) in [6.07, 6.45) is 9.32. The van der Waals surface area contributed by atoms with Crippen LogP contribution in [0.15, 0.2) is 55.0 Å². The molecule has 0 unspecified atom stereocenters. The number of anilines is 1. The number of benzene rings is 1. The summed E-state index contributed by atoms with van der Waals surface area (Å²) < 4.78 is 0. The zero-order valence-corrected chi connectivity index (χ0v) is 20.2. The molecule has 0 spiro atoms. The molecule has 0 saturated carbocycles. The molecule has 6 nitrogen and oxygen atoms in total. The molecule has 0 saturated heterocycles. The van der Waals surface area contributed by atoms with Gasteiger partial charge in [-0.15, -0.1) is 0 Å². The van der Waals surface area contributed by atoms with Crippen LogP contribution in [-0.2, 0) is 13.0 Å². The second-order valence-corrected chi connectivity index (χ2v) is 8.61. The van der Waals surface area contributed by atoms with Gasteiger partial charge in [-0.25, -0.2) is 9.97 Å². The van der Waals surface area contributed by atoms with Gasteiger partial charge in [0.15, 0.2) is 5.11 Å². The molecular formula is C23H28Cl2N6S. The van der Waals surface area contributed by atoms with Crippen LogP contribution in [0.4, 0.5) is 5.82 Å². The first-order valence-electron chi connectivity index (χ1n) is 10.7. The number of thiocarbonyl (C=S) groups is 1. The molecule has 9 heteroatoms. The average Bonchev–Trinajstić information content (AvgIpc) is 3.32. The van der Waals surface area contributed by atoms with Crippen LogP contribution in [-0.4, -0.2) is 39.7 Å². The molecule has 0 aliphatic carbocycles. The van der Waals surface area contributed by atoms with Crippen LogP contribution in [0.25, 0.3) is 0 Å². The van der Waals surface area contributed by atoms with Crippen LogP contribution in [0.1, 0.15) is 30.7 Å². The highest BCUT2D eigenvalue weighted by Crippen LogP contribution is 2.24. The van der Waals surface area contributed by atoms with E-state index in [4.69, 9.17) is 35.4 Å². The molecule has 0 aliphatic rings. The summed E-state index contributed by atoms with van der Waals surface area (Å²) in [7, 11) is 0. The van der Waals surface area contributed by atoms with Gasteiger partial charge in [0.1, 0.15) is 11.6 Å². The van der Waals surface area contributed by atoms with Gasteiger partial charge in [-0.2, -0.15) is 0 Å². The quantitative estimate of drug-likeness (QED) is 0.245. The highest BCUT2D eigenvalue weighted by atomic mass is 35.5. The fourth-order valence-electron chi connectivity index (χ4n) is 3.26. The Kier molecular flexibility index (Phi) is 10.1. The Hall–Kier alpha value is -2.35. The summed E-state index contributed by atoms with van der Waals surface area (Å²) in [5.74, 6) is 1.95. The molecule has 0 radical (unpaired) electrons. The van der Waals surface area contributed by atoms with Gasteiger partial charge in [-0.05, 0) is 61.3 Å². The Balaban J connectivity index is 1.38. The second-order valence-electron chi connectivity index (χ2n) is 7.39. The smallest absolute Gasteiger partial charge is 0.166 e. The van der Waals surface area contributed by atoms with Crippen molar-refractivity contribution in [3.63, 3.8) is 0 Å². The Morgan fingerprint density at radius 3 is 2.53 bits per heavy atom. The van der Waals surface area contributed by atoms with Crippen LogP contribution in [0.3, 0.4) is 0 Å². The summed E-state index contributed by atoms with van der Waals surface area (Å²) in [5.41, 5.74) is 1.10. The van der Waals surface area contributed by atoms with Crippen molar-refractivity contribution in [3.05, 3.63) is 76.4 Å². The van der Waals surface area contributed by atoms with Crippen LogP contribution in [0, 0.1) is 0 Å². The lowest BCUT2D eigenvalue weighted by atomic mass is 10.2. The topological polar surface area (TPSA) is 68.9 Å². The van der Waals surface area contributed by atoms with E-state index in [1.165, 1.54) is 0 Å². The van der Waals surface area contributed by atoms with Gasteiger partial charge in [0.2, 0.25) is 0 Å². The minimum atomic E-state index is 0.566. The molecule has 2 aromatic heterocycles. The molecule has 0 aliphatic heterocycles. The molecule has 3 aromatic rings. The van der Waals surface area contributed by atoms with Gasteiger partial charge in [-0.1, -0.05) is 35.3 Å². The Morgan fingerprint density at radius 2 is 1.81 bits per heavy atom. The van der Waals surface area contributed by atoms with Crippen molar-refractivity contribution >= 4 is 46.4 Å². The SMILES string of the molecule is S=C(NCCCCN(Cc1ccc(Cl)c(Cl)c1)c1ccccn1)NCCCc1ncc[nH]1. The molecule has 0 atom stereocenters. The fraction of sp³-hybridized carbons (Fsp3) is 0.348. The van der Waals surface area contributed by atoms with E-state index < -0.39 is 0 Å². The second kappa shape index (κ2) is 13.3. The monoisotopic (exact) mass is 490 g/mol. The van der Waals surface area contributed by atoms with Crippen molar-refractivity contribution in [2.75, 3.05) is 24.5 Å². The predicted molar refractivity (Wildman–Crippen MR) is 136 cm³/mol. The predicted octanol–water partition coefficient (Wildman–Crippen LogP) is 5.00. The Morgan fingerprint density at radius 1 is 0.969 bits per heavy atom. The van der Waals surface area contributed by atoms with Crippen LogP contribution in [0.5, 0.6) is 0 Å². The number of rotatable bonds is 12. The third kappa shape index (κ3) is 8.30. The highest BCUT2D eigenvalue weighted by Gasteiger charge is 2.10. The van der Waals surface area contributed by atoms with Crippen LogP contribution in [0.2, 0.25) is 10.0 Å². The minimum absolute atomic E-state index is 0.566. The lowest BCUT2D eigenvalue weighted by molar-refractivity contribution is 0.660. The van der Waals surface area contributed by atoms with E-state index in [1.807, 2.05) is 48.8 Å². The van der Waals surface area contributed by atoms with Crippen molar-refractivity contribution in [1.29, 1.82) is 0 Å². The maximum atomic E-state index is 6.19. The normalized spacial score (nSPS) is 10.7. The molecular weight excluding hydrogens is 463 g/mol. The molecule has 1 aromatic carbocycles. The van der Waals surface area contributed by atoms with E-state index in [1.54, 1.807) is 6.20 Å². The van der Waals surface area contributed by atoms with Gasteiger partial charge >= 0.3 is 0 Å². The summed E-state index contributed by atoms with van der Waals surface area (Å²) >= 11 is 17.6. The largest absolute Gasteiger partial charge is 0.363 e. The number of pyridine rings is 1. The van der Waals surface area contributed by atoms with Crippen molar-refractivity contribution in [2.45, 2.75) is 32.2 Å². The molecule has 170 valence electrons. The van der Waals surface area contributed by atoms with Gasteiger partial charge in [0, 0.05) is 51.2 Å². The third-order valence-corrected chi connectivity index (χ3v) is 5.93. The van der Waals surface area contributed by atoms with E-state index in [2.05, 4.69) is 30.5 Å². The van der Waals surface area contributed by atoms with E-state index in [-0.39, 0.29) is 0 Å². The maximum Gasteiger partial charge on any atom is 0.166 e. The van der Waals surface area contributed by atoms with Crippen LogP contribution >= 0.6 is 35.4 Å². The van der Waals surface area contributed by atoms with E-state index in [0.717, 1.165) is 69.1 Å². The first-order valence-corrected chi connectivity index (χ1v) is 11.9. The minimum Gasteiger partial charge on any atom is -0.363 e. The molecule has 0 fully saturated rings. The van der Waals surface area contributed by atoms with Crippen LogP contribution < -0.4 is 15.5 Å². The highest BCUT2D eigenvalue weighted by molar-refractivity contribution is 7.80. The van der Waals surface area contributed by atoms with Crippen molar-refractivity contribution in [3.8, 4) is 0 Å². The molecule has 32 heavy (non-hydrogen) atoms. The number of hydrogen-bond acceptors (Lipinski definition) is 4. The maximum absolute atomic E-state index is 6.19. The number of H-pyrrole nitrogens is 1. The molecule has 2 heterocycles. The van der Waals surface area contributed by atoms with E-state index in [9.17, 15) is 0 Å². The molecule has 3 rings (SSSR count). The zero-order valence-electron chi connectivity index (χ0n) is 17.9. The standard InChI is InChI=1S/C23H28Cl2N6S/c24-19-9-8-18(16-20(19)25)17-31(22-7-1-2-10-28-22)15-4-3-11-29-23(32)30-12-5-6-21-26-13-14-27-21/h1-2,7-10,13-14,16H,3-6,11-12,15,17H2,(H,26,27)(H2,29,30,32). The number of halogens is 2. The number of aryl methyl sites for hydroxylation is 1. The number of aromatic amines is 1. The van der Waals surface area contributed by atoms with Crippen molar-refractivity contribution < 1.29 is 0 Å². The van der Waals surface area contributed by atoms with Crippen molar-refractivity contribution in [1.82, 2.24) is 25.6 Å². The lowest BCUT2D eigenvalue weighted by Crippen LogP contribution is -2.36. The van der Waals surface area contributed by atoms with Gasteiger partial charge in [0.05, 0.1) is 10.0 Å². The van der Waals surface area contributed by atoms with Gasteiger partial charge in [-0.3, -0.25) is 0 Å². The average molecular weight is 491 g/mol. The van der Waals surface area contributed by atoms with Gasteiger partial charge in [0.25, 0.3) is 0 Å². The molecule has 0 amide bonds. The Bertz CT molecular complexity index is 952. The van der Waals surface area contributed by atoms with E-state index in [0.29, 0.717) is 15.2 Å². The summed E-state index contributed by atoms with van der Waals surface area (Å²) in [5, 5.41) is 8.36. The van der Waals surface area contributed by atoms with E-state index >= 15 is 0 Å². The molecule has 0 bridgehead atoms. The summed E-state index contributed by atoms with van der Waals surface area (Å²) in [4.78, 5) is 14.1. The molecule has 3 N–H and O–H groups in total. The summed E-state index contributed by atoms with van der Waals surface area (Å²) in [6.45, 7) is 3.25. The first-order chi connectivity index (χ1) is 15.6. The first kappa shape index (κ1) is 24.3. The number of aromatic nitrogens is 3. The summed E-state index contributed by atoms with van der Waals surface area (Å²) in [6, 6.07) is 11.7. The fourth-order valence-corrected chi connectivity index (χ4v) is 3.78. The lowest BCUT2D eigenvalue weighted by Gasteiger charge is -2.24. The number of nitrogens with one attached hydrogen (secondary N) is 3. The number of hydrogen-bond donors (Lipinski definition) is 3. The van der Waals surface area contributed by atoms with Gasteiger partial charge < -0.3 is 20.5 Å². The van der Waals surface area contributed by atoms with Crippen molar-refractivity contribution in [2.24, 2.45) is 0 Å². The number of unbranched alkanes of at least 4 members (excludes halogenated alkanes) is 1.